The smallest absolute Gasteiger partial charge is 0.0695 e. The molecule has 18 heavy (non-hydrogen) atoms. The van der Waals surface area contributed by atoms with E-state index in [0.29, 0.717) is 18.2 Å². The zero-order valence-electron chi connectivity index (χ0n) is 12.3. The van der Waals surface area contributed by atoms with Gasteiger partial charge in [0.15, 0.2) is 0 Å². The third-order valence-electron chi connectivity index (χ3n) is 4.85. The Bertz CT molecular complexity index is 269. The van der Waals surface area contributed by atoms with Gasteiger partial charge in [0.05, 0.1) is 18.8 Å². The van der Waals surface area contributed by atoms with E-state index in [2.05, 4.69) is 32.6 Å². The zero-order valence-corrected chi connectivity index (χ0v) is 12.3. The first kappa shape index (κ1) is 14.3. The minimum atomic E-state index is -0.146. The maximum absolute atomic E-state index is 10.3. The molecule has 1 saturated carbocycles. The first-order valence-electron chi connectivity index (χ1n) is 7.54. The van der Waals surface area contributed by atoms with Crippen molar-refractivity contribution in [1.29, 1.82) is 0 Å². The van der Waals surface area contributed by atoms with Crippen molar-refractivity contribution in [2.45, 2.75) is 71.2 Å². The third kappa shape index (κ3) is 3.06. The predicted molar refractivity (Wildman–Crippen MR) is 73.6 cm³/mol. The van der Waals surface area contributed by atoms with Gasteiger partial charge in [0.2, 0.25) is 0 Å². The lowest BCUT2D eigenvalue weighted by molar-refractivity contribution is -0.102. The number of rotatable bonds is 2. The van der Waals surface area contributed by atoms with Crippen LogP contribution in [0, 0.1) is 11.8 Å². The summed E-state index contributed by atoms with van der Waals surface area (Å²) in [5.74, 6) is 1.50. The van der Waals surface area contributed by atoms with E-state index >= 15 is 0 Å². The average Bonchev–Trinajstić information content (AvgIpc) is 2.33. The molecule has 0 aromatic carbocycles. The summed E-state index contributed by atoms with van der Waals surface area (Å²) < 4.78 is 5.70. The quantitative estimate of drug-likeness (QED) is 0.821. The van der Waals surface area contributed by atoms with Gasteiger partial charge in [-0.25, -0.2) is 0 Å². The van der Waals surface area contributed by atoms with E-state index < -0.39 is 0 Å². The summed E-state index contributed by atoms with van der Waals surface area (Å²) >= 11 is 0. The summed E-state index contributed by atoms with van der Waals surface area (Å²) in [6.07, 6.45) is 3.45. The SMILES string of the molecule is CC1CN(C2CC(C(C)C)CCC2O)C(C)CO1. The normalized spacial score (nSPS) is 43.3. The summed E-state index contributed by atoms with van der Waals surface area (Å²) in [5.41, 5.74) is 0. The van der Waals surface area contributed by atoms with E-state index in [4.69, 9.17) is 4.74 Å². The van der Waals surface area contributed by atoms with Gasteiger partial charge in [0.1, 0.15) is 0 Å². The van der Waals surface area contributed by atoms with Crippen LogP contribution < -0.4 is 0 Å². The molecule has 5 unspecified atom stereocenters. The van der Waals surface area contributed by atoms with E-state index in [1.165, 1.54) is 6.42 Å². The highest BCUT2D eigenvalue weighted by molar-refractivity contribution is 4.91. The van der Waals surface area contributed by atoms with Crippen molar-refractivity contribution in [3.8, 4) is 0 Å². The van der Waals surface area contributed by atoms with E-state index in [1.807, 2.05) is 0 Å². The molecule has 3 nitrogen and oxygen atoms in total. The maximum atomic E-state index is 10.3. The van der Waals surface area contributed by atoms with Gasteiger partial charge in [0.25, 0.3) is 0 Å². The van der Waals surface area contributed by atoms with Gasteiger partial charge in [-0.15, -0.1) is 0 Å². The van der Waals surface area contributed by atoms with Crippen LogP contribution in [0.4, 0.5) is 0 Å². The Kier molecular flexibility index (Phi) is 4.68. The van der Waals surface area contributed by atoms with Crippen molar-refractivity contribution in [1.82, 2.24) is 4.90 Å². The van der Waals surface area contributed by atoms with Crippen LogP contribution in [0.3, 0.4) is 0 Å². The Hall–Kier alpha value is -0.120. The highest BCUT2D eigenvalue weighted by Crippen LogP contribution is 2.34. The molecule has 1 heterocycles. The lowest BCUT2D eigenvalue weighted by Crippen LogP contribution is -2.57. The van der Waals surface area contributed by atoms with Gasteiger partial charge < -0.3 is 9.84 Å². The molecule has 2 fully saturated rings. The highest BCUT2D eigenvalue weighted by atomic mass is 16.5. The summed E-state index contributed by atoms with van der Waals surface area (Å²) in [5, 5.41) is 10.3. The highest BCUT2D eigenvalue weighted by Gasteiger charge is 2.38. The minimum Gasteiger partial charge on any atom is -0.391 e. The summed E-state index contributed by atoms with van der Waals surface area (Å²) in [4.78, 5) is 2.49. The molecule has 106 valence electrons. The fourth-order valence-electron chi connectivity index (χ4n) is 3.52. The Labute approximate surface area is 112 Å². The van der Waals surface area contributed by atoms with Crippen molar-refractivity contribution in [3.05, 3.63) is 0 Å². The van der Waals surface area contributed by atoms with Crippen LogP contribution >= 0.6 is 0 Å². The van der Waals surface area contributed by atoms with E-state index in [9.17, 15) is 5.11 Å². The molecule has 0 bridgehead atoms. The van der Waals surface area contributed by atoms with Crippen molar-refractivity contribution in [3.63, 3.8) is 0 Å². The molecule has 0 spiro atoms. The lowest BCUT2D eigenvalue weighted by atomic mass is 9.77. The first-order valence-corrected chi connectivity index (χ1v) is 7.54. The summed E-state index contributed by atoms with van der Waals surface area (Å²) in [7, 11) is 0. The minimum absolute atomic E-state index is 0.146. The van der Waals surface area contributed by atoms with Gasteiger partial charge in [0, 0.05) is 18.6 Å². The molecule has 1 aliphatic heterocycles. The summed E-state index contributed by atoms with van der Waals surface area (Å²) in [6, 6.07) is 0.777. The fraction of sp³-hybridized carbons (Fsp3) is 1.00. The molecule has 1 saturated heterocycles. The first-order chi connectivity index (χ1) is 8.49. The Morgan fingerprint density at radius 2 is 1.94 bits per heavy atom. The van der Waals surface area contributed by atoms with Crippen LogP contribution in [0.2, 0.25) is 0 Å². The average molecular weight is 255 g/mol. The van der Waals surface area contributed by atoms with Crippen molar-refractivity contribution >= 4 is 0 Å². The van der Waals surface area contributed by atoms with Gasteiger partial charge >= 0.3 is 0 Å². The van der Waals surface area contributed by atoms with Crippen LogP contribution in [-0.4, -0.2) is 47.4 Å². The second kappa shape index (κ2) is 5.89. The lowest BCUT2D eigenvalue weighted by Gasteiger charge is -2.47. The number of aliphatic hydroxyl groups is 1. The van der Waals surface area contributed by atoms with E-state index in [1.54, 1.807) is 0 Å². The predicted octanol–water partition coefficient (Wildman–Crippen LogP) is 2.28. The molecule has 0 amide bonds. The van der Waals surface area contributed by atoms with Crippen LogP contribution in [0.25, 0.3) is 0 Å². The molecule has 1 N–H and O–H groups in total. The second-order valence-electron chi connectivity index (χ2n) is 6.64. The Morgan fingerprint density at radius 3 is 2.61 bits per heavy atom. The molecular weight excluding hydrogens is 226 g/mol. The van der Waals surface area contributed by atoms with E-state index in [0.717, 1.165) is 37.8 Å². The largest absolute Gasteiger partial charge is 0.391 e. The second-order valence-corrected chi connectivity index (χ2v) is 6.64. The number of morpholine rings is 1. The van der Waals surface area contributed by atoms with Crippen LogP contribution in [0.15, 0.2) is 0 Å². The van der Waals surface area contributed by atoms with Gasteiger partial charge in [-0.2, -0.15) is 0 Å². The molecule has 5 atom stereocenters. The number of aliphatic hydroxyl groups excluding tert-OH is 1. The number of hydrogen-bond acceptors (Lipinski definition) is 3. The third-order valence-corrected chi connectivity index (χ3v) is 4.85. The number of ether oxygens (including phenoxy) is 1. The van der Waals surface area contributed by atoms with Gasteiger partial charge in [-0.3, -0.25) is 4.90 Å². The fourth-order valence-corrected chi connectivity index (χ4v) is 3.52. The van der Waals surface area contributed by atoms with Gasteiger partial charge in [-0.05, 0) is 44.9 Å². The van der Waals surface area contributed by atoms with Crippen molar-refractivity contribution in [2.75, 3.05) is 13.2 Å². The zero-order chi connectivity index (χ0) is 13.3. The molecule has 0 radical (unpaired) electrons. The topological polar surface area (TPSA) is 32.7 Å². The maximum Gasteiger partial charge on any atom is 0.0695 e. The summed E-state index contributed by atoms with van der Waals surface area (Å²) in [6.45, 7) is 10.7. The molecular formula is C15H29NO2. The van der Waals surface area contributed by atoms with E-state index in [-0.39, 0.29) is 6.10 Å². The monoisotopic (exact) mass is 255 g/mol. The molecule has 3 heteroatoms. The Morgan fingerprint density at radius 1 is 1.22 bits per heavy atom. The van der Waals surface area contributed by atoms with Crippen LogP contribution in [-0.2, 0) is 4.74 Å². The molecule has 2 aliphatic rings. The number of hydrogen-bond donors (Lipinski definition) is 1. The van der Waals surface area contributed by atoms with Crippen LogP contribution in [0.1, 0.15) is 47.0 Å². The standard InChI is InChI=1S/C15H29NO2/c1-10(2)13-5-6-15(17)14(7-13)16-8-12(4)18-9-11(16)3/h10-15,17H,5-9H2,1-4H3. The van der Waals surface area contributed by atoms with Crippen molar-refractivity contribution < 1.29 is 9.84 Å². The number of nitrogens with zero attached hydrogens (tertiary/aromatic N) is 1. The van der Waals surface area contributed by atoms with Crippen LogP contribution in [0.5, 0.6) is 0 Å². The van der Waals surface area contributed by atoms with Gasteiger partial charge in [-0.1, -0.05) is 13.8 Å². The molecule has 0 aromatic heterocycles. The molecule has 2 rings (SSSR count). The molecule has 1 aliphatic carbocycles. The Balaban J connectivity index is 2.04. The van der Waals surface area contributed by atoms with Crippen molar-refractivity contribution in [2.24, 2.45) is 11.8 Å². The molecule has 0 aromatic rings.